The number of nitrogens with two attached hydrogens (primary N) is 2. The first-order chi connectivity index (χ1) is 16.3. The molecule has 2 heterocycles. The van der Waals surface area contributed by atoms with Crippen LogP contribution in [0.5, 0.6) is 23.0 Å². The van der Waals surface area contributed by atoms with E-state index in [0.717, 1.165) is 0 Å². The second-order valence-corrected chi connectivity index (χ2v) is 9.45. The summed E-state index contributed by atoms with van der Waals surface area (Å²) < 4.78 is 21.9. The molecule has 2 aromatic heterocycles. The Bertz CT molecular complexity index is 1380. The van der Waals surface area contributed by atoms with Gasteiger partial charge in [0, 0.05) is 11.1 Å². The molecule has 176 valence electrons. The normalized spacial score (nSPS) is 10.8. The third kappa shape index (κ3) is 3.80. The Labute approximate surface area is 203 Å². The Morgan fingerprint density at radius 1 is 0.706 bits per heavy atom. The summed E-state index contributed by atoms with van der Waals surface area (Å²) in [6.07, 6.45) is 0. The highest BCUT2D eigenvalue weighted by Crippen LogP contribution is 2.47. The number of carbonyl (C=O) groups is 2. The fourth-order valence-electron chi connectivity index (χ4n) is 3.56. The van der Waals surface area contributed by atoms with E-state index in [4.69, 9.17) is 30.4 Å². The van der Waals surface area contributed by atoms with Crippen molar-refractivity contribution < 1.29 is 28.5 Å². The van der Waals surface area contributed by atoms with Gasteiger partial charge in [0.2, 0.25) is 17.3 Å². The summed E-state index contributed by atoms with van der Waals surface area (Å²) in [6, 6.07) is 9.91. The summed E-state index contributed by atoms with van der Waals surface area (Å²) in [5.74, 6) is 1.21. The van der Waals surface area contributed by atoms with Crippen LogP contribution in [0.2, 0.25) is 0 Å². The fourth-order valence-corrected chi connectivity index (χ4v) is 6.09. The molecule has 0 unspecified atom stereocenters. The second kappa shape index (κ2) is 9.24. The molecule has 0 fully saturated rings. The van der Waals surface area contributed by atoms with E-state index in [1.807, 2.05) is 0 Å². The van der Waals surface area contributed by atoms with Crippen LogP contribution in [0.4, 0.5) is 11.4 Å². The zero-order valence-corrected chi connectivity index (χ0v) is 20.5. The molecule has 0 saturated carbocycles. The molecule has 2 aromatic carbocycles. The highest BCUT2D eigenvalue weighted by atomic mass is 32.2. The lowest BCUT2D eigenvalue weighted by Gasteiger charge is -2.13. The number of carbonyl (C=O) groups excluding carboxylic acids is 2. The minimum Gasteiger partial charge on any atom is -0.497 e. The van der Waals surface area contributed by atoms with Crippen LogP contribution in [-0.4, -0.2) is 40.0 Å². The molecule has 8 nitrogen and oxygen atoms in total. The SMILES string of the molecule is COc1ccc(C(=O)c2sc3sc(C(=O)c4cc(OC)c(OC)c(OC)c4)c(N)c3c2N)cc1. The molecule has 4 aromatic rings. The van der Waals surface area contributed by atoms with Gasteiger partial charge in [0.25, 0.3) is 0 Å². The zero-order chi connectivity index (χ0) is 24.6. The van der Waals surface area contributed by atoms with Gasteiger partial charge < -0.3 is 30.4 Å². The number of ether oxygens (including phenoxy) is 4. The van der Waals surface area contributed by atoms with E-state index < -0.39 is 0 Å². The van der Waals surface area contributed by atoms with Gasteiger partial charge in [0.1, 0.15) is 15.5 Å². The Morgan fingerprint density at radius 3 is 1.62 bits per heavy atom. The van der Waals surface area contributed by atoms with E-state index in [1.54, 1.807) is 43.5 Å². The summed E-state index contributed by atoms with van der Waals surface area (Å²) in [6.45, 7) is 0. The highest BCUT2D eigenvalue weighted by Gasteiger charge is 2.27. The molecule has 0 aliphatic rings. The van der Waals surface area contributed by atoms with Crippen molar-refractivity contribution in [2.45, 2.75) is 0 Å². The minimum absolute atomic E-state index is 0.217. The van der Waals surface area contributed by atoms with Gasteiger partial charge in [0.05, 0.1) is 49.2 Å². The van der Waals surface area contributed by atoms with Gasteiger partial charge in [-0.15, -0.1) is 22.7 Å². The second-order valence-electron chi connectivity index (χ2n) is 7.15. The Kier molecular flexibility index (Phi) is 6.36. The van der Waals surface area contributed by atoms with Gasteiger partial charge in [-0.25, -0.2) is 0 Å². The molecule has 0 amide bonds. The van der Waals surface area contributed by atoms with Crippen LogP contribution in [-0.2, 0) is 0 Å². The molecule has 0 atom stereocenters. The third-order valence-corrected chi connectivity index (χ3v) is 7.81. The molecule has 0 aliphatic carbocycles. The molecule has 34 heavy (non-hydrogen) atoms. The van der Waals surface area contributed by atoms with E-state index in [-0.39, 0.29) is 22.9 Å². The Morgan fingerprint density at radius 2 is 1.21 bits per heavy atom. The molecule has 0 aliphatic heterocycles. The van der Waals surface area contributed by atoms with Gasteiger partial charge in [-0.2, -0.15) is 0 Å². The Hall–Kier alpha value is -3.76. The summed E-state index contributed by atoms with van der Waals surface area (Å²) in [5, 5.41) is 0.516. The topological polar surface area (TPSA) is 123 Å². The zero-order valence-electron chi connectivity index (χ0n) is 18.9. The van der Waals surface area contributed by atoms with Crippen LogP contribution in [0.1, 0.15) is 30.5 Å². The fraction of sp³-hybridized carbons (Fsp3) is 0.167. The first-order valence-electron chi connectivity index (χ1n) is 9.98. The van der Waals surface area contributed by atoms with Crippen LogP contribution < -0.4 is 30.4 Å². The number of ketones is 2. The molecule has 0 bridgehead atoms. The molecule has 0 spiro atoms. The maximum atomic E-state index is 13.3. The van der Waals surface area contributed by atoms with Crippen LogP contribution in [0.25, 0.3) is 9.40 Å². The highest BCUT2D eigenvalue weighted by molar-refractivity contribution is 7.40. The van der Waals surface area contributed by atoms with Gasteiger partial charge in [0.15, 0.2) is 11.5 Å². The van der Waals surface area contributed by atoms with E-state index in [0.29, 0.717) is 53.3 Å². The first kappa shape index (κ1) is 23.4. The van der Waals surface area contributed by atoms with Crippen molar-refractivity contribution in [3.63, 3.8) is 0 Å². The van der Waals surface area contributed by atoms with Crippen molar-refractivity contribution in [2.75, 3.05) is 39.9 Å². The predicted octanol–water partition coefficient (Wildman–Crippen LogP) is 4.62. The molecule has 4 N–H and O–H groups in total. The number of anilines is 2. The van der Waals surface area contributed by atoms with E-state index >= 15 is 0 Å². The van der Waals surface area contributed by atoms with Crippen molar-refractivity contribution >= 4 is 55.0 Å². The quantitative estimate of drug-likeness (QED) is 0.337. The van der Waals surface area contributed by atoms with Gasteiger partial charge in [-0.3, -0.25) is 9.59 Å². The monoisotopic (exact) mass is 498 g/mol. The largest absolute Gasteiger partial charge is 0.497 e. The van der Waals surface area contributed by atoms with E-state index in [2.05, 4.69) is 0 Å². The van der Waals surface area contributed by atoms with E-state index in [9.17, 15) is 9.59 Å². The van der Waals surface area contributed by atoms with Crippen molar-refractivity contribution in [3.8, 4) is 23.0 Å². The van der Waals surface area contributed by atoms with Crippen LogP contribution in [0, 0.1) is 0 Å². The van der Waals surface area contributed by atoms with Crippen molar-refractivity contribution in [3.05, 3.63) is 57.3 Å². The van der Waals surface area contributed by atoms with Crippen molar-refractivity contribution in [2.24, 2.45) is 0 Å². The summed E-state index contributed by atoms with van der Waals surface area (Å²) in [7, 11) is 5.99. The number of hydrogen-bond donors (Lipinski definition) is 2. The average molecular weight is 499 g/mol. The van der Waals surface area contributed by atoms with Crippen molar-refractivity contribution in [1.82, 2.24) is 0 Å². The lowest BCUT2D eigenvalue weighted by Crippen LogP contribution is -2.05. The molecule has 0 radical (unpaired) electrons. The lowest BCUT2D eigenvalue weighted by atomic mass is 10.1. The molecule has 4 rings (SSSR count). The van der Waals surface area contributed by atoms with Gasteiger partial charge in [-0.05, 0) is 36.4 Å². The number of benzene rings is 2. The number of methoxy groups -OCH3 is 4. The lowest BCUT2D eigenvalue weighted by molar-refractivity contribution is 0.103. The number of fused-ring (bicyclic) bond motifs is 1. The summed E-state index contributed by atoms with van der Waals surface area (Å²) in [4.78, 5) is 27.1. The first-order valence-corrected chi connectivity index (χ1v) is 11.6. The average Bonchev–Trinajstić information content (AvgIpc) is 3.37. The number of thiophene rings is 2. The standard InChI is InChI=1S/C24H22N2O6S2/c1-29-13-7-5-11(6-8-13)19(27)22-17(25)16-18(26)23(34-24(16)33-22)20(28)12-9-14(30-2)21(32-4)15(10-12)31-3/h5-10H,25-26H2,1-4H3. The summed E-state index contributed by atoms with van der Waals surface area (Å²) >= 11 is 2.41. The molecular weight excluding hydrogens is 476 g/mol. The van der Waals surface area contributed by atoms with E-state index in [1.165, 1.54) is 44.0 Å². The Balaban J connectivity index is 1.74. The molecule has 10 heteroatoms. The van der Waals surface area contributed by atoms with Gasteiger partial charge >= 0.3 is 0 Å². The molecular formula is C24H22N2O6S2. The minimum atomic E-state index is -0.312. The van der Waals surface area contributed by atoms with Crippen molar-refractivity contribution in [1.29, 1.82) is 0 Å². The maximum Gasteiger partial charge on any atom is 0.205 e. The predicted molar refractivity (Wildman–Crippen MR) is 134 cm³/mol. The number of nitrogen functional groups attached to an aromatic ring is 2. The third-order valence-electron chi connectivity index (χ3n) is 5.31. The molecule has 0 saturated heterocycles. The van der Waals surface area contributed by atoms with Crippen LogP contribution in [0.15, 0.2) is 36.4 Å². The van der Waals surface area contributed by atoms with Gasteiger partial charge in [-0.1, -0.05) is 0 Å². The summed E-state index contributed by atoms with van der Waals surface area (Å²) in [5.41, 5.74) is 14.0. The number of rotatable bonds is 8. The number of hydrogen-bond acceptors (Lipinski definition) is 10. The van der Waals surface area contributed by atoms with Crippen LogP contribution >= 0.6 is 22.7 Å². The smallest absolute Gasteiger partial charge is 0.205 e. The maximum absolute atomic E-state index is 13.3. The van der Waals surface area contributed by atoms with Crippen LogP contribution in [0.3, 0.4) is 0 Å².